The van der Waals surface area contributed by atoms with Gasteiger partial charge in [0.05, 0.1) is 11.0 Å². The molecule has 1 aliphatic carbocycles. The SMILES string of the molecule is CC.Cc1ccc2c(c1)c1ccccc1n2-c1cc(-c2ccc(-c3ccc(-c4ccccc4C)c(C)c3)cc2)cc(-c2ccc3c(c2)-c2ccccc2C3)c1. The zero-order valence-corrected chi connectivity index (χ0v) is 32.3. The molecule has 0 saturated heterocycles. The zero-order chi connectivity index (χ0) is 37.6. The van der Waals surface area contributed by atoms with Crippen molar-refractivity contribution in [1.82, 2.24) is 4.57 Å². The first-order valence-corrected chi connectivity index (χ1v) is 19.6. The van der Waals surface area contributed by atoms with E-state index in [1.54, 1.807) is 0 Å². The number of fused-ring (bicyclic) bond motifs is 6. The van der Waals surface area contributed by atoms with Gasteiger partial charge in [-0.1, -0.05) is 147 Å². The standard InChI is InChI=1S/C52H39N.C2H6/c1-33-16-25-52-50(26-33)48-14-8-9-15-51(48)53(52)44-30-42(29-43(31-44)39-21-22-41-28-40-11-5-7-13-47(40)49(41)32-39)37-19-17-36(18-20-37)38-23-24-46(35(3)27-38)45-12-6-4-10-34(45)2;1-2/h4-27,29-32H,28H2,1-3H3;1-2H3. The number of hydrogen-bond acceptors (Lipinski definition) is 0. The average Bonchev–Trinajstić information content (AvgIpc) is 3.77. The maximum absolute atomic E-state index is 2.45. The number of hydrogen-bond donors (Lipinski definition) is 0. The van der Waals surface area contributed by atoms with Gasteiger partial charge in [0.2, 0.25) is 0 Å². The van der Waals surface area contributed by atoms with Crippen molar-refractivity contribution < 1.29 is 0 Å². The second kappa shape index (κ2) is 14.1. The summed E-state index contributed by atoms with van der Waals surface area (Å²) < 4.78 is 2.45. The van der Waals surface area contributed by atoms with Crippen molar-refractivity contribution >= 4 is 21.8 Å². The summed E-state index contributed by atoms with van der Waals surface area (Å²) in [5.74, 6) is 0. The van der Waals surface area contributed by atoms with Crippen molar-refractivity contribution in [3.8, 4) is 61.3 Å². The van der Waals surface area contributed by atoms with E-state index in [4.69, 9.17) is 0 Å². The number of rotatable bonds is 5. The summed E-state index contributed by atoms with van der Waals surface area (Å²) in [5, 5.41) is 2.56. The number of benzene rings is 8. The lowest BCUT2D eigenvalue weighted by Crippen LogP contribution is -1.96. The quantitative estimate of drug-likeness (QED) is 0.168. The molecule has 0 saturated carbocycles. The molecule has 0 aliphatic heterocycles. The molecule has 1 aromatic heterocycles. The molecule has 0 radical (unpaired) electrons. The monoisotopic (exact) mass is 707 g/mol. The van der Waals surface area contributed by atoms with Gasteiger partial charge in [-0.15, -0.1) is 0 Å². The number of nitrogens with zero attached hydrogens (tertiary/aromatic N) is 1. The average molecular weight is 708 g/mol. The Morgan fingerprint density at radius 1 is 0.364 bits per heavy atom. The molecule has 0 N–H and O–H groups in total. The van der Waals surface area contributed by atoms with Crippen LogP contribution in [0.15, 0.2) is 170 Å². The van der Waals surface area contributed by atoms with Crippen molar-refractivity contribution in [2.75, 3.05) is 0 Å². The fourth-order valence-electron chi connectivity index (χ4n) is 8.62. The molecule has 0 fully saturated rings. The summed E-state index contributed by atoms with van der Waals surface area (Å²) in [6, 6.07) is 63.3. The Morgan fingerprint density at radius 3 is 1.73 bits per heavy atom. The van der Waals surface area contributed by atoms with E-state index in [-0.39, 0.29) is 0 Å². The van der Waals surface area contributed by atoms with Gasteiger partial charge in [0.25, 0.3) is 0 Å². The predicted octanol–water partition coefficient (Wildman–Crippen LogP) is 15.0. The molecule has 8 aromatic carbocycles. The maximum atomic E-state index is 2.45. The number of aryl methyl sites for hydroxylation is 3. The number of para-hydroxylation sites is 1. The van der Waals surface area contributed by atoms with E-state index in [1.165, 1.54) is 111 Å². The van der Waals surface area contributed by atoms with E-state index < -0.39 is 0 Å². The molecule has 55 heavy (non-hydrogen) atoms. The first-order chi connectivity index (χ1) is 27.0. The second-order valence-corrected chi connectivity index (χ2v) is 14.8. The van der Waals surface area contributed by atoms with Crippen LogP contribution in [-0.2, 0) is 6.42 Å². The van der Waals surface area contributed by atoms with Crippen molar-refractivity contribution in [3.05, 3.63) is 198 Å². The number of aromatic nitrogens is 1. The van der Waals surface area contributed by atoms with Gasteiger partial charge >= 0.3 is 0 Å². The van der Waals surface area contributed by atoms with Crippen LogP contribution in [0.5, 0.6) is 0 Å². The molecule has 1 nitrogen and oxygen atoms in total. The van der Waals surface area contributed by atoms with Gasteiger partial charge in [-0.2, -0.15) is 0 Å². The molecule has 1 aliphatic rings. The molecular weight excluding hydrogens is 663 g/mol. The fraction of sp³-hybridized carbons (Fsp3) is 0.111. The van der Waals surface area contributed by atoms with Gasteiger partial charge in [-0.25, -0.2) is 0 Å². The topological polar surface area (TPSA) is 4.93 Å². The summed E-state index contributed by atoms with van der Waals surface area (Å²) in [6.07, 6.45) is 0.998. The molecule has 10 rings (SSSR count). The van der Waals surface area contributed by atoms with Crippen molar-refractivity contribution in [2.24, 2.45) is 0 Å². The van der Waals surface area contributed by atoms with Gasteiger partial charge in [-0.3, -0.25) is 0 Å². The van der Waals surface area contributed by atoms with Crippen molar-refractivity contribution in [3.63, 3.8) is 0 Å². The fourth-order valence-corrected chi connectivity index (χ4v) is 8.62. The van der Waals surface area contributed by atoms with E-state index in [2.05, 4.69) is 195 Å². The highest BCUT2D eigenvalue weighted by Crippen LogP contribution is 2.41. The highest BCUT2D eigenvalue weighted by atomic mass is 15.0. The smallest absolute Gasteiger partial charge is 0.0541 e. The Morgan fingerprint density at radius 2 is 0.945 bits per heavy atom. The molecule has 0 amide bonds. The lowest BCUT2D eigenvalue weighted by atomic mass is 9.92. The van der Waals surface area contributed by atoms with Gasteiger partial charge < -0.3 is 4.57 Å². The van der Waals surface area contributed by atoms with Crippen molar-refractivity contribution in [2.45, 2.75) is 41.0 Å². The minimum atomic E-state index is 0.998. The van der Waals surface area contributed by atoms with Crippen LogP contribution in [0.25, 0.3) is 83.1 Å². The zero-order valence-electron chi connectivity index (χ0n) is 32.3. The first-order valence-electron chi connectivity index (χ1n) is 19.6. The molecule has 0 atom stereocenters. The molecule has 0 unspecified atom stereocenters. The maximum Gasteiger partial charge on any atom is 0.0541 e. The minimum absolute atomic E-state index is 0.998. The van der Waals surface area contributed by atoms with E-state index in [0.29, 0.717) is 0 Å². The molecular formula is C54H45N. The van der Waals surface area contributed by atoms with E-state index >= 15 is 0 Å². The normalized spacial score (nSPS) is 11.7. The van der Waals surface area contributed by atoms with Gasteiger partial charge in [0.1, 0.15) is 0 Å². The minimum Gasteiger partial charge on any atom is -0.309 e. The van der Waals surface area contributed by atoms with Crippen LogP contribution < -0.4 is 0 Å². The predicted molar refractivity (Wildman–Crippen MR) is 236 cm³/mol. The summed E-state index contributed by atoms with van der Waals surface area (Å²) in [7, 11) is 0. The van der Waals surface area contributed by atoms with E-state index in [9.17, 15) is 0 Å². The van der Waals surface area contributed by atoms with Crippen LogP contribution in [0.3, 0.4) is 0 Å². The summed E-state index contributed by atoms with van der Waals surface area (Å²) in [6.45, 7) is 10.6. The van der Waals surface area contributed by atoms with Crippen molar-refractivity contribution in [1.29, 1.82) is 0 Å². The van der Waals surface area contributed by atoms with Gasteiger partial charge in [-0.05, 0) is 148 Å². The Bertz CT molecular complexity index is 2880. The lowest BCUT2D eigenvalue weighted by molar-refractivity contribution is 1.18. The third-order valence-corrected chi connectivity index (χ3v) is 11.3. The molecule has 1 heteroatoms. The largest absolute Gasteiger partial charge is 0.309 e. The summed E-state index contributed by atoms with van der Waals surface area (Å²) in [4.78, 5) is 0. The van der Waals surface area contributed by atoms with E-state index in [0.717, 1.165) is 6.42 Å². The van der Waals surface area contributed by atoms with Crippen LogP contribution in [0.2, 0.25) is 0 Å². The third kappa shape index (κ3) is 6.07. The van der Waals surface area contributed by atoms with Crippen LogP contribution >= 0.6 is 0 Å². The van der Waals surface area contributed by atoms with Crippen LogP contribution in [-0.4, -0.2) is 4.57 Å². The molecule has 0 spiro atoms. The van der Waals surface area contributed by atoms with Crippen LogP contribution in [0.4, 0.5) is 0 Å². The van der Waals surface area contributed by atoms with Crippen LogP contribution in [0.1, 0.15) is 41.7 Å². The Balaban J connectivity index is 0.00000195. The lowest BCUT2D eigenvalue weighted by Gasteiger charge is -2.15. The highest BCUT2D eigenvalue weighted by Gasteiger charge is 2.20. The first kappa shape index (κ1) is 34.3. The Labute approximate surface area is 325 Å². The molecule has 1 heterocycles. The molecule has 266 valence electrons. The van der Waals surface area contributed by atoms with Crippen LogP contribution in [0, 0.1) is 20.8 Å². The Kier molecular flexibility index (Phi) is 8.79. The Hall–Kier alpha value is -6.44. The molecule has 9 aromatic rings. The summed E-state index contributed by atoms with van der Waals surface area (Å²) in [5.41, 5.74) is 22.9. The van der Waals surface area contributed by atoms with E-state index in [1.807, 2.05) is 13.8 Å². The molecule has 0 bridgehead atoms. The summed E-state index contributed by atoms with van der Waals surface area (Å²) >= 11 is 0. The third-order valence-electron chi connectivity index (χ3n) is 11.3. The second-order valence-electron chi connectivity index (χ2n) is 14.8. The van der Waals surface area contributed by atoms with Gasteiger partial charge in [0.15, 0.2) is 0 Å². The highest BCUT2D eigenvalue weighted by molar-refractivity contribution is 6.09. The van der Waals surface area contributed by atoms with Gasteiger partial charge in [0, 0.05) is 16.5 Å².